The van der Waals surface area contributed by atoms with E-state index in [0.29, 0.717) is 35.3 Å². The number of rotatable bonds is 8. The summed E-state index contributed by atoms with van der Waals surface area (Å²) in [5.74, 6) is -0.140. The molecular formula is C21H23ClN2O4S2. The second-order valence-corrected chi connectivity index (χ2v) is 9.72. The number of sulfonamides is 1. The number of nitrogens with zero attached hydrogens (tertiary/aromatic N) is 1. The summed E-state index contributed by atoms with van der Waals surface area (Å²) in [7, 11) is -3.77. The lowest BCUT2D eigenvalue weighted by Gasteiger charge is -2.21. The fraction of sp³-hybridized carbons (Fsp3) is 0.286. The number of thiophene rings is 1. The van der Waals surface area contributed by atoms with Crippen molar-refractivity contribution in [1.82, 2.24) is 4.31 Å². The number of ether oxygens (including phenoxy) is 1. The Morgan fingerprint density at radius 3 is 2.47 bits per heavy atom. The van der Waals surface area contributed by atoms with Gasteiger partial charge in [0.1, 0.15) is 15.5 Å². The summed E-state index contributed by atoms with van der Waals surface area (Å²) in [6.07, 6.45) is 0. The van der Waals surface area contributed by atoms with Crippen LogP contribution in [0.15, 0.2) is 47.4 Å². The van der Waals surface area contributed by atoms with E-state index in [1.54, 1.807) is 32.9 Å². The molecule has 0 spiro atoms. The van der Waals surface area contributed by atoms with Crippen molar-refractivity contribution in [2.45, 2.75) is 25.7 Å². The number of nitrogens with one attached hydrogen (secondary N) is 1. The monoisotopic (exact) mass is 466 g/mol. The van der Waals surface area contributed by atoms with E-state index in [-0.39, 0.29) is 10.6 Å². The zero-order chi connectivity index (χ0) is 21.9. The maximum atomic E-state index is 13.1. The molecule has 0 radical (unpaired) electrons. The quantitative estimate of drug-likeness (QED) is 0.492. The number of hydrogen-bond donors (Lipinski definition) is 1. The smallest absolute Gasteiger partial charge is 0.267 e. The molecule has 1 N–H and O–H groups in total. The fourth-order valence-electron chi connectivity index (χ4n) is 3.11. The molecule has 6 nitrogen and oxygen atoms in total. The Kier molecular flexibility index (Phi) is 7.02. The molecule has 0 saturated heterocycles. The lowest BCUT2D eigenvalue weighted by molar-refractivity contribution is 0.103. The Labute approximate surface area is 185 Å². The normalized spacial score (nSPS) is 11.8. The highest BCUT2D eigenvalue weighted by atomic mass is 35.5. The van der Waals surface area contributed by atoms with Gasteiger partial charge in [-0.15, -0.1) is 11.3 Å². The Morgan fingerprint density at radius 2 is 1.83 bits per heavy atom. The van der Waals surface area contributed by atoms with Crippen LogP contribution in [-0.2, 0) is 10.0 Å². The predicted molar refractivity (Wildman–Crippen MR) is 123 cm³/mol. The van der Waals surface area contributed by atoms with Crippen molar-refractivity contribution in [3.63, 3.8) is 0 Å². The predicted octanol–water partition coefficient (Wildman–Crippen LogP) is 5.24. The molecule has 1 amide bonds. The molecule has 0 unspecified atom stereocenters. The van der Waals surface area contributed by atoms with Gasteiger partial charge in [-0.3, -0.25) is 4.79 Å². The van der Waals surface area contributed by atoms with Crippen molar-refractivity contribution in [1.29, 1.82) is 0 Å². The average molecular weight is 467 g/mol. The van der Waals surface area contributed by atoms with Crippen molar-refractivity contribution < 1.29 is 17.9 Å². The molecule has 0 saturated carbocycles. The third-order valence-electron chi connectivity index (χ3n) is 4.57. The van der Waals surface area contributed by atoms with Gasteiger partial charge in [0.2, 0.25) is 10.0 Å². The van der Waals surface area contributed by atoms with Crippen molar-refractivity contribution in [3.8, 4) is 5.75 Å². The molecule has 1 heterocycles. The lowest BCUT2D eigenvalue weighted by Crippen LogP contribution is -2.31. The minimum Gasteiger partial charge on any atom is -0.492 e. The first kappa shape index (κ1) is 22.6. The van der Waals surface area contributed by atoms with E-state index < -0.39 is 15.9 Å². The van der Waals surface area contributed by atoms with Crippen molar-refractivity contribution >= 4 is 54.6 Å². The molecular weight excluding hydrogens is 444 g/mol. The van der Waals surface area contributed by atoms with E-state index >= 15 is 0 Å². The third kappa shape index (κ3) is 4.32. The molecule has 0 aliphatic rings. The van der Waals surface area contributed by atoms with Gasteiger partial charge in [0.25, 0.3) is 5.91 Å². The summed E-state index contributed by atoms with van der Waals surface area (Å²) >= 11 is 7.68. The number of hydrogen-bond acceptors (Lipinski definition) is 5. The Bertz CT molecular complexity index is 1170. The number of halogens is 1. The molecule has 0 aliphatic carbocycles. The highest BCUT2D eigenvalue weighted by Gasteiger charge is 2.27. The van der Waals surface area contributed by atoms with Crippen molar-refractivity contribution in [3.05, 3.63) is 52.4 Å². The van der Waals surface area contributed by atoms with Gasteiger partial charge in [-0.05, 0) is 31.2 Å². The number of carbonyl (C=O) groups is 1. The topological polar surface area (TPSA) is 75.7 Å². The molecule has 160 valence electrons. The summed E-state index contributed by atoms with van der Waals surface area (Å²) in [5, 5.41) is 3.96. The van der Waals surface area contributed by atoms with Gasteiger partial charge in [-0.25, -0.2) is 8.42 Å². The van der Waals surface area contributed by atoms with Crippen LogP contribution in [0, 0.1) is 0 Å². The first-order valence-corrected chi connectivity index (χ1v) is 12.2. The van der Waals surface area contributed by atoms with Gasteiger partial charge >= 0.3 is 0 Å². The summed E-state index contributed by atoms with van der Waals surface area (Å²) in [6, 6.07) is 12.1. The number of benzene rings is 2. The average Bonchev–Trinajstić information content (AvgIpc) is 3.07. The van der Waals surface area contributed by atoms with Gasteiger partial charge in [-0.2, -0.15) is 4.31 Å². The van der Waals surface area contributed by atoms with Crippen LogP contribution >= 0.6 is 22.9 Å². The van der Waals surface area contributed by atoms with Gasteiger partial charge < -0.3 is 10.1 Å². The number of fused-ring (bicyclic) bond motifs is 1. The second kappa shape index (κ2) is 9.34. The summed E-state index contributed by atoms with van der Waals surface area (Å²) < 4.78 is 33.9. The van der Waals surface area contributed by atoms with Gasteiger partial charge in [0.05, 0.1) is 11.6 Å². The molecule has 2 aromatic carbocycles. The van der Waals surface area contributed by atoms with Crippen LogP contribution in [0.2, 0.25) is 5.02 Å². The van der Waals surface area contributed by atoms with Crippen LogP contribution in [0.3, 0.4) is 0 Å². The Balaban J connectivity index is 1.98. The minimum atomic E-state index is -3.77. The maximum absolute atomic E-state index is 13.1. The van der Waals surface area contributed by atoms with Crippen LogP contribution in [0.25, 0.3) is 10.1 Å². The van der Waals surface area contributed by atoms with Gasteiger partial charge in [0.15, 0.2) is 0 Å². The van der Waals surface area contributed by atoms with E-state index in [4.69, 9.17) is 16.3 Å². The standard InChI is InChI=1S/C21H23ClN2O4S2/c1-4-24(5-2)30(26,27)18-13-14(11-12-16(18)28-6-3)23-21(25)20-19(22)15-9-7-8-10-17(15)29-20/h7-13H,4-6H2,1-3H3,(H,23,25). The van der Waals surface area contributed by atoms with E-state index in [1.807, 2.05) is 24.3 Å². The molecule has 30 heavy (non-hydrogen) atoms. The SMILES string of the molecule is CCOc1ccc(NC(=O)c2sc3ccccc3c2Cl)cc1S(=O)(=O)N(CC)CC. The zero-order valence-electron chi connectivity index (χ0n) is 16.9. The number of anilines is 1. The molecule has 0 aliphatic heterocycles. The van der Waals surface area contributed by atoms with Gasteiger partial charge in [0, 0.05) is 28.9 Å². The second-order valence-electron chi connectivity index (χ2n) is 6.38. The lowest BCUT2D eigenvalue weighted by atomic mass is 10.2. The molecule has 9 heteroatoms. The van der Waals surface area contributed by atoms with Crippen LogP contribution in [0.4, 0.5) is 5.69 Å². The van der Waals surface area contributed by atoms with E-state index in [9.17, 15) is 13.2 Å². The minimum absolute atomic E-state index is 0.0216. The fourth-order valence-corrected chi connectivity index (χ4v) is 6.14. The maximum Gasteiger partial charge on any atom is 0.267 e. The first-order chi connectivity index (χ1) is 14.3. The molecule has 0 fully saturated rings. The van der Waals surface area contributed by atoms with Crippen LogP contribution in [-0.4, -0.2) is 38.3 Å². The molecule has 1 aromatic heterocycles. The molecule has 3 aromatic rings. The zero-order valence-corrected chi connectivity index (χ0v) is 19.3. The highest BCUT2D eigenvalue weighted by molar-refractivity contribution is 7.89. The largest absolute Gasteiger partial charge is 0.492 e. The van der Waals surface area contributed by atoms with Gasteiger partial charge in [-0.1, -0.05) is 43.6 Å². The Morgan fingerprint density at radius 1 is 1.13 bits per heavy atom. The summed E-state index contributed by atoms with van der Waals surface area (Å²) in [6.45, 7) is 6.32. The van der Waals surface area contributed by atoms with Crippen LogP contribution in [0.1, 0.15) is 30.4 Å². The summed E-state index contributed by atoms with van der Waals surface area (Å²) in [4.78, 5) is 13.2. The Hall–Kier alpha value is -2.13. The van der Waals surface area contributed by atoms with E-state index in [1.165, 1.54) is 21.7 Å². The number of amides is 1. The molecule has 3 rings (SSSR count). The highest BCUT2D eigenvalue weighted by Crippen LogP contribution is 2.36. The molecule has 0 bridgehead atoms. The van der Waals surface area contributed by atoms with Crippen molar-refractivity contribution in [2.24, 2.45) is 0 Å². The first-order valence-electron chi connectivity index (χ1n) is 9.58. The van der Waals surface area contributed by atoms with Crippen LogP contribution < -0.4 is 10.1 Å². The number of carbonyl (C=O) groups excluding carboxylic acids is 1. The summed E-state index contributed by atoms with van der Waals surface area (Å²) in [5.41, 5.74) is 0.350. The molecule has 0 atom stereocenters. The van der Waals surface area contributed by atoms with Crippen LogP contribution in [0.5, 0.6) is 5.75 Å². The van der Waals surface area contributed by atoms with E-state index in [2.05, 4.69) is 5.32 Å². The third-order valence-corrected chi connectivity index (χ3v) is 8.31. The van der Waals surface area contributed by atoms with Crippen molar-refractivity contribution in [2.75, 3.05) is 25.0 Å². The van der Waals surface area contributed by atoms with E-state index in [0.717, 1.165) is 10.1 Å².